The number of carbonyl (C=O) groups excluding carboxylic acids is 1. The van der Waals surface area contributed by atoms with Crippen LogP contribution in [0.2, 0.25) is 0 Å². The molecule has 2 aliphatic carbocycles. The van der Waals surface area contributed by atoms with Crippen molar-refractivity contribution in [1.82, 2.24) is 0 Å². The van der Waals surface area contributed by atoms with Crippen LogP contribution in [0.1, 0.15) is 26.2 Å². The summed E-state index contributed by atoms with van der Waals surface area (Å²) < 4.78 is 5.06. The lowest BCUT2D eigenvalue weighted by Crippen LogP contribution is -2.08. The van der Waals surface area contributed by atoms with Gasteiger partial charge in [-0.05, 0) is 24.7 Å². The molecule has 0 amide bonds. The largest absolute Gasteiger partial charge is 0.465 e. The highest BCUT2D eigenvalue weighted by molar-refractivity contribution is 5.73. The predicted molar refractivity (Wildman–Crippen MR) is 54.7 cm³/mol. The summed E-state index contributed by atoms with van der Waals surface area (Å²) in [6.45, 7) is 2.56. The third-order valence-electron chi connectivity index (χ3n) is 2.84. The molecule has 0 radical (unpaired) electrons. The van der Waals surface area contributed by atoms with Crippen LogP contribution in [0.25, 0.3) is 0 Å². The molecule has 0 aliphatic heterocycles. The van der Waals surface area contributed by atoms with Gasteiger partial charge in [0, 0.05) is 0 Å². The number of ether oxygens (including phenoxy) is 1. The SMILES string of the molecule is CCCOC(=O)CC1=CC2C=CC1C2. The van der Waals surface area contributed by atoms with Crippen LogP contribution in [0.4, 0.5) is 0 Å². The van der Waals surface area contributed by atoms with Crippen LogP contribution in [0.15, 0.2) is 23.8 Å². The maximum atomic E-state index is 11.3. The van der Waals surface area contributed by atoms with E-state index in [2.05, 4.69) is 18.2 Å². The molecule has 2 atom stereocenters. The second kappa shape index (κ2) is 3.99. The fraction of sp³-hybridized carbons (Fsp3) is 0.583. The molecule has 0 spiro atoms. The zero-order valence-corrected chi connectivity index (χ0v) is 8.53. The molecule has 0 heterocycles. The first-order valence-electron chi connectivity index (χ1n) is 5.34. The Morgan fingerprint density at radius 2 is 2.43 bits per heavy atom. The van der Waals surface area contributed by atoms with Crippen LogP contribution >= 0.6 is 0 Å². The lowest BCUT2D eigenvalue weighted by molar-refractivity contribution is -0.142. The summed E-state index contributed by atoms with van der Waals surface area (Å²) in [4.78, 5) is 11.3. The third-order valence-corrected chi connectivity index (χ3v) is 2.84. The monoisotopic (exact) mass is 192 g/mol. The van der Waals surface area contributed by atoms with E-state index < -0.39 is 0 Å². The van der Waals surface area contributed by atoms with Crippen LogP contribution in [-0.4, -0.2) is 12.6 Å². The van der Waals surface area contributed by atoms with Crippen molar-refractivity contribution in [2.75, 3.05) is 6.61 Å². The number of allylic oxidation sites excluding steroid dienone is 3. The molecule has 2 heteroatoms. The second-order valence-corrected chi connectivity index (χ2v) is 4.03. The zero-order valence-electron chi connectivity index (χ0n) is 8.53. The van der Waals surface area contributed by atoms with Crippen molar-refractivity contribution in [2.45, 2.75) is 26.2 Å². The summed E-state index contributed by atoms with van der Waals surface area (Å²) >= 11 is 0. The van der Waals surface area contributed by atoms with Crippen molar-refractivity contribution < 1.29 is 9.53 Å². The molecule has 0 N–H and O–H groups in total. The van der Waals surface area contributed by atoms with E-state index in [9.17, 15) is 4.79 Å². The Hall–Kier alpha value is -1.05. The van der Waals surface area contributed by atoms with Crippen molar-refractivity contribution in [2.24, 2.45) is 11.8 Å². The van der Waals surface area contributed by atoms with Gasteiger partial charge in [0.05, 0.1) is 13.0 Å². The summed E-state index contributed by atoms with van der Waals surface area (Å²) in [5, 5.41) is 0. The van der Waals surface area contributed by atoms with Gasteiger partial charge >= 0.3 is 5.97 Å². The minimum absolute atomic E-state index is 0.0703. The van der Waals surface area contributed by atoms with E-state index in [-0.39, 0.29) is 5.97 Å². The number of rotatable bonds is 4. The maximum absolute atomic E-state index is 11.3. The van der Waals surface area contributed by atoms with Gasteiger partial charge in [0.15, 0.2) is 0 Å². The smallest absolute Gasteiger partial charge is 0.309 e. The molecular formula is C12H16O2. The van der Waals surface area contributed by atoms with Crippen LogP contribution in [0, 0.1) is 11.8 Å². The highest BCUT2D eigenvalue weighted by Gasteiger charge is 2.29. The Morgan fingerprint density at radius 1 is 1.57 bits per heavy atom. The molecule has 0 aromatic rings. The van der Waals surface area contributed by atoms with Gasteiger partial charge in [0.1, 0.15) is 0 Å². The zero-order chi connectivity index (χ0) is 9.97. The number of carbonyl (C=O) groups is 1. The van der Waals surface area contributed by atoms with E-state index >= 15 is 0 Å². The van der Waals surface area contributed by atoms with E-state index in [1.165, 1.54) is 12.0 Å². The van der Waals surface area contributed by atoms with Crippen molar-refractivity contribution >= 4 is 5.97 Å². The Bertz CT molecular complexity index is 289. The Labute approximate surface area is 84.6 Å². The van der Waals surface area contributed by atoms with Crippen LogP contribution < -0.4 is 0 Å². The van der Waals surface area contributed by atoms with Crippen molar-refractivity contribution in [1.29, 1.82) is 0 Å². The molecule has 2 bridgehead atoms. The van der Waals surface area contributed by atoms with Gasteiger partial charge in [-0.3, -0.25) is 4.79 Å². The van der Waals surface area contributed by atoms with E-state index in [0.29, 0.717) is 24.9 Å². The lowest BCUT2D eigenvalue weighted by atomic mass is 10.0. The molecular weight excluding hydrogens is 176 g/mol. The van der Waals surface area contributed by atoms with Crippen molar-refractivity contribution in [3.8, 4) is 0 Å². The van der Waals surface area contributed by atoms with Gasteiger partial charge in [-0.25, -0.2) is 0 Å². The normalized spacial score (nSPS) is 27.9. The highest BCUT2D eigenvalue weighted by atomic mass is 16.5. The van der Waals surface area contributed by atoms with Gasteiger partial charge in [-0.15, -0.1) is 0 Å². The molecule has 76 valence electrons. The van der Waals surface area contributed by atoms with Crippen LogP contribution in [0.5, 0.6) is 0 Å². The Morgan fingerprint density at radius 3 is 3.00 bits per heavy atom. The molecule has 0 fully saturated rings. The summed E-state index contributed by atoms with van der Waals surface area (Å²) in [7, 11) is 0. The first-order valence-corrected chi connectivity index (χ1v) is 5.34. The average molecular weight is 192 g/mol. The number of esters is 1. The quantitative estimate of drug-likeness (QED) is 0.505. The molecule has 0 aromatic heterocycles. The topological polar surface area (TPSA) is 26.3 Å². The molecule has 2 nitrogen and oxygen atoms in total. The fourth-order valence-electron chi connectivity index (χ4n) is 2.15. The van der Waals surface area contributed by atoms with Crippen molar-refractivity contribution in [3.63, 3.8) is 0 Å². The summed E-state index contributed by atoms with van der Waals surface area (Å²) in [5.74, 6) is 1.04. The van der Waals surface area contributed by atoms with Crippen LogP contribution in [0.3, 0.4) is 0 Å². The molecule has 2 aliphatic rings. The molecule has 2 unspecified atom stereocenters. The Kier molecular flexibility index (Phi) is 2.71. The fourth-order valence-corrected chi connectivity index (χ4v) is 2.15. The number of hydrogen-bond acceptors (Lipinski definition) is 2. The average Bonchev–Trinajstić information content (AvgIpc) is 2.76. The van der Waals surface area contributed by atoms with Gasteiger partial charge in [0.25, 0.3) is 0 Å². The Balaban J connectivity index is 1.81. The minimum Gasteiger partial charge on any atom is -0.465 e. The lowest BCUT2D eigenvalue weighted by Gasteiger charge is -2.09. The molecule has 2 rings (SSSR count). The summed E-state index contributed by atoms with van der Waals surface area (Å²) in [6.07, 6.45) is 9.23. The van der Waals surface area contributed by atoms with Gasteiger partial charge < -0.3 is 4.74 Å². The van der Waals surface area contributed by atoms with E-state index in [4.69, 9.17) is 4.74 Å². The highest BCUT2D eigenvalue weighted by Crippen LogP contribution is 2.39. The van der Waals surface area contributed by atoms with Crippen molar-refractivity contribution in [3.05, 3.63) is 23.8 Å². The molecule has 14 heavy (non-hydrogen) atoms. The van der Waals surface area contributed by atoms with E-state index in [1.54, 1.807) is 0 Å². The number of hydrogen-bond donors (Lipinski definition) is 0. The number of fused-ring (bicyclic) bond motifs is 2. The second-order valence-electron chi connectivity index (χ2n) is 4.03. The first kappa shape index (κ1) is 9.50. The predicted octanol–water partition coefficient (Wildman–Crippen LogP) is 2.46. The molecule has 0 saturated heterocycles. The maximum Gasteiger partial charge on any atom is 0.309 e. The van der Waals surface area contributed by atoms with Gasteiger partial charge in [-0.1, -0.05) is 30.7 Å². The minimum atomic E-state index is -0.0703. The van der Waals surface area contributed by atoms with Gasteiger partial charge in [0.2, 0.25) is 0 Å². The molecule has 0 aromatic carbocycles. The summed E-state index contributed by atoms with van der Waals surface area (Å²) in [5.41, 5.74) is 1.26. The third kappa shape index (κ3) is 1.89. The van der Waals surface area contributed by atoms with Gasteiger partial charge in [-0.2, -0.15) is 0 Å². The molecule has 0 saturated carbocycles. The van der Waals surface area contributed by atoms with Crippen LogP contribution in [-0.2, 0) is 9.53 Å². The van der Waals surface area contributed by atoms with E-state index in [1.807, 2.05) is 6.92 Å². The summed E-state index contributed by atoms with van der Waals surface area (Å²) in [6, 6.07) is 0. The van der Waals surface area contributed by atoms with E-state index in [0.717, 1.165) is 6.42 Å². The standard InChI is InChI=1S/C12H16O2/c1-2-5-14-12(13)8-11-7-9-3-4-10(11)6-9/h3-4,7,9-10H,2,5-6,8H2,1H3. The first-order chi connectivity index (χ1) is 6.79.